The number of ether oxygens (including phenoxy) is 1. The minimum absolute atomic E-state index is 0.546. The number of hydrogen-bond donors (Lipinski definition) is 1. The summed E-state index contributed by atoms with van der Waals surface area (Å²) >= 11 is 0. The highest BCUT2D eigenvalue weighted by Crippen LogP contribution is 2.29. The van der Waals surface area contributed by atoms with Gasteiger partial charge in [-0.3, -0.25) is 0 Å². The average molecular weight is 269 g/mol. The topological polar surface area (TPSA) is 60.2 Å². The maximum Gasteiger partial charge on any atom is 0.156 e. The highest BCUT2D eigenvalue weighted by molar-refractivity contribution is 5.95. The van der Waals surface area contributed by atoms with Crippen LogP contribution >= 0.6 is 0 Å². The lowest BCUT2D eigenvalue weighted by atomic mass is 10.1. The van der Waals surface area contributed by atoms with Gasteiger partial charge in [0.1, 0.15) is 11.6 Å². The number of anilines is 1. The van der Waals surface area contributed by atoms with Crippen molar-refractivity contribution < 1.29 is 9.26 Å². The van der Waals surface area contributed by atoms with E-state index in [1.54, 1.807) is 13.3 Å². The fourth-order valence-electron chi connectivity index (χ4n) is 2.17. The second-order valence-electron chi connectivity index (χ2n) is 4.50. The number of aromatic nitrogens is 2. The Kier molecular flexibility index (Phi) is 3.25. The molecular weight excluding hydrogens is 254 g/mol. The molecule has 0 unspecified atom stereocenters. The van der Waals surface area contributed by atoms with Crippen LogP contribution in [-0.4, -0.2) is 17.3 Å². The summed E-state index contributed by atoms with van der Waals surface area (Å²) in [6.45, 7) is 2.44. The number of benzene rings is 1. The molecule has 0 fully saturated rings. The summed E-state index contributed by atoms with van der Waals surface area (Å²) in [5.41, 5.74) is 0.870. The lowest BCUT2D eigenvalue weighted by molar-refractivity contribution is 0.384. The Hall–Kier alpha value is -2.56. The van der Waals surface area contributed by atoms with Gasteiger partial charge in [-0.1, -0.05) is 17.3 Å². The first-order chi connectivity index (χ1) is 9.78. The maximum atomic E-state index is 5.36. The quantitative estimate of drug-likeness (QED) is 0.788. The molecule has 0 radical (unpaired) electrons. The van der Waals surface area contributed by atoms with Crippen LogP contribution < -0.4 is 10.1 Å². The van der Waals surface area contributed by atoms with E-state index in [1.165, 1.54) is 0 Å². The van der Waals surface area contributed by atoms with Crippen LogP contribution in [0.4, 0.5) is 5.82 Å². The van der Waals surface area contributed by atoms with Crippen LogP contribution in [-0.2, 0) is 6.54 Å². The highest BCUT2D eigenvalue weighted by Gasteiger charge is 2.07. The third-order valence-electron chi connectivity index (χ3n) is 3.09. The minimum Gasteiger partial charge on any atom is -0.496 e. The molecule has 20 heavy (non-hydrogen) atoms. The SMILES string of the molecule is COc1cccc2c(NCc3cc(C)no3)nccc12. The highest BCUT2D eigenvalue weighted by atomic mass is 16.5. The second-order valence-corrected chi connectivity index (χ2v) is 4.50. The van der Waals surface area contributed by atoms with Gasteiger partial charge in [-0.25, -0.2) is 4.98 Å². The zero-order valence-corrected chi connectivity index (χ0v) is 11.4. The molecule has 1 N–H and O–H groups in total. The Bertz CT molecular complexity index is 737. The Morgan fingerprint density at radius 1 is 1.25 bits per heavy atom. The number of fused-ring (bicyclic) bond motifs is 1. The minimum atomic E-state index is 0.546. The molecule has 0 aliphatic heterocycles. The normalized spacial score (nSPS) is 10.7. The lowest BCUT2D eigenvalue weighted by Crippen LogP contribution is -2.01. The number of nitrogens with zero attached hydrogens (tertiary/aromatic N) is 2. The monoisotopic (exact) mass is 269 g/mol. The molecule has 0 atom stereocenters. The summed E-state index contributed by atoms with van der Waals surface area (Å²) in [7, 11) is 1.67. The zero-order chi connectivity index (χ0) is 13.9. The van der Waals surface area contributed by atoms with Crippen molar-refractivity contribution in [3.8, 4) is 5.75 Å². The molecular formula is C15H15N3O2. The van der Waals surface area contributed by atoms with E-state index in [4.69, 9.17) is 9.26 Å². The fourth-order valence-corrected chi connectivity index (χ4v) is 2.17. The van der Waals surface area contributed by atoms with Crippen LogP contribution in [0.15, 0.2) is 41.1 Å². The molecule has 2 heterocycles. The molecule has 1 aromatic carbocycles. The lowest BCUT2D eigenvalue weighted by Gasteiger charge is -2.09. The van der Waals surface area contributed by atoms with Gasteiger partial charge in [0.15, 0.2) is 5.76 Å². The third kappa shape index (κ3) is 2.30. The number of pyridine rings is 1. The van der Waals surface area contributed by atoms with Crippen molar-refractivity contribution in [2.24, 2.45) is 0 Å². The molecule has 0 saturated heterocycles. The standard InChI is InChI=1S/C15H15N3O2/c1-10-8-11(20-18-10)9-17-15-13-4-3-5-14(19-2)12(13)6-7-16-15/h3-8H,9H2,1-2H3,(H,16,17). The van der Waals surface area contributed by atoms with Crippen LogP contribution in [0.1, 0.15) is 11.5 Å². The number of hydrogen-bond acceptors (Lipinski definition) is 5. The zero-order valence-electron chi connectivity index (χ0n) is 11.4. The van der Waals surface area contributed by atoms with E-state index >= 15 is 0 Å². The van der Waals surface area contributed by atoms with Crippen molar-refractivity contribution >= 4 is 16.6 Å². The van der Waals surface area contributed by atoms with Crippen molar-refractivity contribution in [1.29, 1.82) is 0 Å². The Balaban J connectivity index is 1.91. The van der Waals surface area contributed by atoms with Gasteiger partial charge in [0.25, 0.3) is 0 Å². The van der Waals surface area contributed by atoms with Crippen molar-refractivity contribution in [3.05, 3.63) is 48.0 Å². The average Bonchev–Trinajstić information content (AvgIpc) is 2.90. The second kappa shape index (κ2) is 5.21. The molecule has 0 aliphatic carbocycles. The van der Waals surface area contributed by atoms with E-state index in [1.807, 2.05) is 37.3 Å². The van der Waals surface area contributed by atoms with Gasteiger partial charge in [0.05, 0.1) is 19.3 Å². The molecule has 3 aromatic rings. The van der Waals surface area contributed by atoms with Crippen molar-refractivity contribution in [2.75, 3.05) is 12.4 Å². The predicted molar refractivity (Wildman–Crippen MR) is 76.9 cm³/mol. The van der Waals surface area contributed by atoms with Crippen LogP contribution in [0.2, 0.25) is 0 Å². The van der Waals surface area contributed by atoms with Crippen molar-refractivity contribution in [2.45, 2.75) is 13.5 Å². The maximum absolute atomic E-state index is 5.36. The molecule has 0 spiro atoms. The van der Waals surface area contributed by atoms with Crippen molar-refractivity contribution in [1.82, 2.24) is 10.1 Å². The van der Waals surface area contributed by atoms with Gasteiger partial charge in [-0.15, -0.1) is 0 Å². The van der Waals surface area contributed by atoms with Crippen LogP contribution in [0.5, 0.6) is 5.75 Å². The third-order valence-corrected chi connectivity index (χ3v) is 3.09. The summed E-state index contributed by atoms with van der Waals surface area (Å²) in [5.74, 6) is 2.42. The summed E-state index contributed by atoms with van der Waals surface area (Å²) < 4.78 is 10.5. The molecule has 0 bridgehead atoms. The molecule has 0 amide bonds. The van der Waals surface area contributed by atoms with Gasteiger partial charge in [0.2, 0.25) is 0 Å². The number of methoxy groups -OCH3 is 1. The molecule has 3 rings (SSSR count). The van der Waals surface area contributed by atoms with Crippen molar-refractivity contribution in [3.63, 3.8) is 0 Å². The largest absolute Gasteiger partial charge is 0.496 e. The number of nitrogens with one attached hydrogen (secondary N) is 1. The summed E-state index contributed by atoms with van der Waals surface area (Å²) in [5, 5.41) is 9.18. The van der Waals surface area contributed by atoms with Gasteiger partial charge in [-0.2, -0.15) is 0 Å². The molecule has 5 nitrogen and oxygen atoms in total. The molecule has 5 heteroatoms. The fraction of sp³-hybridized carbons (Fsp3) is 0.200. The van der Waals surface area contributed by atoms with Crippen LogP contribution in [0, 0.1) is 6.92 Å². The van der Waals surface area contributed by atoms with E-state index in [9.17, 15) is 0 Å². The summed E-state index contributed by atoms with van der Waals surface area (Å²) in [6, 6.07) is 9.74. The summed E-state index contributed by atoms with van der Waals surface area (Å²) in [4.78, 5) is 4.38. The Morgan fingerprint density at radius 3 is 2.90 bits per heavy atom. The summed E-state index contributed by atoms with van der Waals surface area (Å²) in [6.07, 6.45) is 1.76. The first kappa shape index (κ1) is 12.5. The van der Waals surface area contributed by atoms with E-state index < -0.39 is 0 Å². The van der Waals surface area contributed by atoms with E-state index in [0.29, 0.717) is 6.54 Å². The van der Waals surface area contributed by atoms with E-state index in [2.05, 4.69) is 15.5 Å². The molecule has 0 saturated carbocycles. The van der Waals surface area contributed by atoms with Gasteiger partial charge >= 0.3 is 0 Å². The van der Waals surface area contributed by atoms with E-state index in [-0.39, 0.29) is 0 Å². The first-order valence-corrected chi connectivity index (χ1v) is 6.35. The molecule has 0 aliphatic rings. The first-order valence-electron chi connectivity index (χ1n) is 6.35. The smallest absolute Gasteiger partial charge is 0.156 e. The molecule has 2 aromatic heterocycles. The van der Waals surface area contributed by atoms with Crippen LogP contribution in [0.3, 0.4) is 0 Å². The number of aryl methyl sites for hydroxylation is 1. The Labute approximate surface area is 116 Å². The van der Waals surface area contributed by atoms with E-state index in [0.717, 1.165) is 33.8 Å². The Morgan fingerprint density at radius 2 is 2.15 bits per heavy atom. The predicted octanol–water partition coefficient (Wildman–Crippen LogP) is 3.15. The van der Waals surface area contributed by atoms with Gasteiger partial charge < -0.3 is 14.6 Å². The van der Waals surface area contributed by atoms with Crippen LogP contribution in [0.25, 0.3) is 10.8 Å². The molecule has 102 valence electrons. The number of rotatable bonds is 4. The van der Waals surface area contributed by atoms with Gasteiger partial charge in [-0.05, 0) is 19.1 Å². The van der Waals surface area contributed by atoms with Gasteiger partial charge in [0, 0.05) is 23.0 Å².